The third-order valence-corrected chi connectivity index (χ3v) is 9.86. The first-order chi connectivity index (χ1) is 15.4. The summed E-state index contributed by atoms with van der Waals surface area (Å²) in [6, 6.07) is 10.5. The summed E-state index contributed by atoms with van der Waals surface area (Å²) in [5.41, 5.74) is 0.954. The van der Waals surface area contributed by atoms with Crippen molar-refractivity contribution < 1.29 is 23.1 Å². The number of ketones is 1. The van der Waals surface area contributed by atoms with E-state index in [1.807, 2.05) is 12.1 Å². The Bertz CT molecular complexity index is 1040. The van der Waals surface area contributed by atoms with Gasteiger partial charge in [-0.05, 0) is 35.7 Å². The first kappa shape index (κ1) is 21.8. The Balaban J connectivity index is 1.42. The molecule has 0 saturated carbocycles. The van der Waals surface area contributed by atoms with Gasteiger partial charge in [0.2, 0.25) is 0 Å². The van der Waals surface area contributed by atoms with Gasteiger partial charge in [0.15, 0.2) is 0 Å². The van der Waals surface area contributed by atoms with Gasteiger partial charge in [-0.2, -0.15) is 4.31 Å². The fraction of sp³-hybridized carbons (Fsp3) is 0.500. The number of hydrogen-bond donors (Lipinski definition) is 1. The number of fused-ring (bicyclic) bond motifs is 2. The molecule has 1 unspecified atom stereocenters. The van der Waals surface area contributed by atoms with E-state index in [0.29, 0.717) is 56.4 Å². The highest BCUT2D eigenvalue weighted by Crippen LogP contribution is 2.31. The smallest absolute Gasteiger partial charge is 0.252 e. The molecular weight excluding hydrogens is 450 g/mol. The number of thiophene rings is 1. The predicted octanol–water partition coefficient (Wildman–Crippen LogP) is 1.77. The minimum absolute atomic E-state index is 0.0425. The lowest BCUT2D eigenvalue weighted by Gasteiger charge is -2.50. The number of ether oxygens (including phenoxy) is 1. The largest absolute Gasteiger partial charge is 0.508 e. The number of morpholine rings is 1. The summed E-state index contributed by atoms with van der Waals surface area (Å²) in [5.74, 6) is 0.478. The van der Waals surface area contributed by atoms with Crippen LogP contribution in [0.25, 0.3) is 0 Å². The van der Waals surface area contributed by atoms with Gasteiger partial charge in [-0.3, -0.25) is 9.69 Å². The quantitative estimate of drug-likeness (QED) is 0.702. The monoisotopic (exact) mass is 477 g/mol. The number of rotatable bonds is 5. The molecule has 0 radical (unpaired) electrons. The lowest BCUT2D eigenvalue weighted by Crippen LogP contribution is -2.64. The van der Waals surface area contributed by atoms with E-state index in [4.69, 9.17) is 4.74 Å². The molecule has 0 amide bonds. The lowest BCUT2D eigenvalue weighted by molar-refractivity contribution is -0.136. The number of hydrogen-bond acceptors (Lipinski definition) is 8. The average molecular weight is 478 g/mol. The van der Waals surface area contributed by atoms with Gasteiger partial charge in [0, 0.05) is 56.8 Å². The van der Waals surface area contributed by atoms with Gasteiger partial charge in [0.1, 0.15) is 15.7 Å². The number of aromatic hydroxyl groups is 1. The number of benzene rings is 1. The van der Waals surface area contributed by atoms with Crippen LogP contribution in [0.5, 0.6) is 5.75 Å². The molecule has 2 bridgehead atoms. The zero-order chi connectivity index (χ0) is 22.3. The summed E-state index contributed by atoms with van der Waals surface area (Å²) in [4.78, 5) is 16.7. The number of phenols is 1. The number of nitrogens with zero attached hydrogens (tertiary/aromatic N) is 3. The van der Waals surface area contributed by atoms with Crippen molar-refractivity contribution in [3.05, 3.63) is 41.8 Å². The van der Waals surface area contributed by atoms with Crippen molar-refractivity contribution in [3.8, 4) is 5.75 Å². The lowest BCUT2D eigenvalue weighted by atomic mass is 9.92. The topological polar surface area (TPSA) is 90.4 Å². The third kappa shape index (κ3) is 4.17. The third-order valence-electron chi connectivity index (χ3n) is 6.62. The molecule has 32 heavy (non-hydrogen) atoms. The number of Topliss-reactive ketones (excluding diaryl/α,β-unsaturated/α-hetero) is 1. The van der Waals surface area contributed by atoms with Crippen LogP contribution in [0.4, 0.5) is 5.69 Å². The summed E-state index contributed by atoms with van der Waals surface area (Å²) < 4.78 is 34.1. The number of piperazine rings is 1. The molecule has 1 aromatic heterocycles. The van der Waals surface area contributed by atoms with Gasteiger partial charge >= 0.3 is 0 Å². The summed E-state index contributed by atoms with van der Waals surface area (Å²) in [6.07, 6.45) is 0.972. The normalized spacial score (nSPS) is 27.6. The Morgan fingerprint density at radius 1 is 1.06 bits per heavy atom. The Morgan fingerprint density at radius 3 is 2.44 bits per heavy atom. The van der Waals surface area contributed by atoms with Crippen LogP contribution in [0.15, 0.2) is 46.0 Å². The zero-order valence-electron chi connectivity index (χ0n) is 17.7. The molecule has 10 heteroatoms. The molecule has 4 heterocycles. The molecule has 3 aliphatic rings. The van der Waals surface area contributed by atoms with Gasteiger partial charge in [-0.1, -0.05) is 6.07 Å². The van der Waals surface area contributed by atoms with Gasteiger partial charge < -0.3 is 14.7 Å². The Morgan fingerprint density at radius 2 is 1.78 bits per heavy atom. The van der Waals surface area contributed by atoms with Crippen molar-refractivity contribution in [3.63, 3.8) is 0 Å². The van der Waals surface area contributed by atoms with E-state index in [2.05, 4.69) is 9.80 Å². The van der Waals surface area contributed by atoms with E-state index in [1.165, 1.54) is 11.3 Å². The molecule has 1 aromatic carbocycles. The first-order valence-corrected chi connectivity index (χ1v) is 13.2. The van der Waals surface area contributed by atoms with E-state index in [1.54, 1.807) is 34.0 Å². The second-order valence-electron chi connectivity index (χ2n) is 8.65. The number of anilines is 1. The maximum atomic E-state index is 13.2. The standard InChI is InChI=1S/C22H27N3O5S2/c26-20-5-3-16(4-6-20)24-8-7-23(32(28,29)22-2-1-9-31-22)12-19(24)13-25-17-10-21(27)11-18(25)15-30-14-17/h1-6,9,17-19,26H,7-8,10-15H2/t17-,18?,19+/m0/s1. The summed E-state index contributed by atoms with van der Waals surface area (Å²) >= 11 is 1.24. The van der Waals surface area contributed by atoms with Gasteiger partial charge in [0.25, 0.3) is 10.0 Å². The second-order valence-corrected chi connectivity index (χ2v) is 11.8. The van der Waals surface area contributed by atoms with Crippen molar-refractivity contribution in [1.29, 1.82) is 0 Å². The molecular formula is C22H27N3O5S2. The minimum Gasteiger partial charge on any atom is -0.508 e. The van der Waals surface area contributed by atoms with Crippen LogP contribution < -0.4 is 4.90 Å². The molecule has 3 aliphatic heterocycles. The Kier molecular flexibility index (Phi) is 5.98. The Labute approximate surface area is 192 Å². The van der Waals surface area contributed by atoms with Crippen molar-refractivity contribution in [2.45, 2.75) is 35.2 Å². The minimum atomic E-state index is -3.54. The highest BCUT2D eigenvalue weighted by molar-refractivity contribution is 7.91. The molecule has 3 saturated heterocycles. The van der Waals surface area contributed by atoms with E-state index < -0.39 is 10.0 Å². The highest BCUT2D eigenvalue weighted by atomic mass is 32.2. The molecule has 172 valence electrons. The van der Waals surface area contributed by atoms with Crippen LogP contribution in [0.1, 0.15) is 12.8 Å². The molecule has 8 nitrogen and oxygen atoms in total. The number of piperidine rings is 1. The Hall–Kier alpha value is -1.98. The van der Waals surface area contributed by atoms with Gasteiger partial charge in [-0.25, -0.2) is 8.42 Å². The van der Waals surface area contributed by atoms with E-state index >= 15 is 0 Å². The highest BCUT2D eigenvalue weighted by Gasteiger charge is 2.42. The molecule has 2 aromatic rings. The van der Waals surface area contributed by atoms with Crippen LogP contribution in [-0.2, 0) is 19.6 Å². The average Bonchev–Trinajstić information content (AvgIpc) is 3.31. The van der Waals surface area contributed by atoms with Crippen LogP contribution >= 0.6 is 11.3 Å². The maximum absolute atomic E-state index is 13.2. The molecule has 3 atom stereocenters. The van der Waals surface area contributed by atoms with Crippen LogP contribution in [0, 0.1) is 0 Å². The van der Waals surface area contributed by atoms with Crippen LogP contribution in [0.2, 0.25) is 0 Å². The molecule has 0 spiro atoms. The molecule has 5 rings (SSSR count). The van der Waals surface area contributed by atoms with Crippen molar-refractivity contribution in [2.75, 3.05) is 44.3 Å². The summed E-state index contributed by atoms with van der Waals surface area (Å²) in [5, 5.41) is 11.5. The number of phenolic OH excluding ortho intramolecular Hbond substituents is 1. The van der Waals surface area contributed by atoms with E-state index in [-0.39, 0.29) is 29.7 Å². The van der Waals surface area contributed by atoms with Crippen LogP contribution in [-0.4, -0.2) is 86.0 Å². The number of carbonyl (C=O) groups excluding carboxylic acids is 1. The SMILES string of the molecule is O=C1CC2COC[C@H](C1)N2C[C@H]1CN(S(=O)(=O)c2cccs2)CCN1c1ccc(O)cc1. The second kappa shape index (κ2) is 8.75. The van der Waals surface area contributed by atoms with Crippen molar-refractivity contribution in [2.24, 2.45) is 0 Å². The zero-order valence-corrected chi connectivity index (χ0v) is 19.3. The van der Waals surface area contributed by atoms with E-state index in [9.17, 15) is 18.3 Å². The molecule has 3 fully saturated rings. The summed E-state index contributed by atoms with van der Waals surface area (Å²) in [6.45, 7) is 3.04. The number of sulfonamides is 1. The fourth-order valence-electron chi connectivity index (χ4n) is 5.06. The first-order valence-electron chi connectivity index (χ1n) is 10.9. The molecule has 0 aliphatic carbocycles. The fourth-order valence-corrected chi connectivity index (χ4v) is 7.67. The van der Waals surface area contributed by atoms with Gasteiger partial charge in [-0.15, -0.1) is 11.3 Å². The van der Waals surface area contributed by atoms with Crippen molar-refractivity contribution in [1.82, 2.24) is 9.21 Å². The predicted molar refractivity (Wildman–Crippen MR) is 122 cm³/mol. The maximum Gasteiger partial charge on any atom is 0.252 e. The van der Waals surface area contributed by atoms with Crippen molar-refractivity contribution >= 4 is 32.8 Å². The molecule has 1 N–H and O–H groups in total. The summed E-state index contributed by atoms with van der Waals surface area (Å²) in [7, 11) is -3.54. The van der Waals surface area contributed by atoms with E-state index in [0.717, 1.165) is 5.69 Å². The van der Waals surface area contributed by atoms with Crippen LogP contribution in [0.3, 0.4) is 0 Å². The number of carbonyl (C=O) groups is 1. The van der Waals surface area contributed by atoms with Gasteiger partial charge in [0.05, 0.1) is 19.3 Å².